The number of nitrogens with two attached hydrogens (primary N) is 1. The lowest BCUT2D eigenvalue weighted by Crippen LogP contribution is -2.37. The van der Waals surface area contributed by atoms with Gasteiger partial charge in [0.2, 0.25) is 5.91 Å². The molecule has 0 saturated heterocycles. The summed E-state index contributed by atoms with van der Waals surface area (Å²) in [5, 5.41) is 2.89. The highest BCUT2D eigenvalue weighted by Gasteiger charge is 2.21. The minimum Gasteiger partial charge on any atom is -0.325 e. The van der Waals surface area contributed by atoms with E-state index in [1.807, 2.05) is 18.2 Å². The summed E-state index contributed by atoms with van der Waals surface area (Å²) in [4.78, 5) is 20.7. The summed E-state index contributed by atoms with van der Waals surface area (Å²) >= 11 is 0. The number of aromatic nitrogens is 2. The predicted molar refractivity (Wildman–Crippen MR) is 87.3 cm³/mol. The third-order valence-electron chi connectivity index (χ3n) is 4.39. The molecule has 0 radical (unpaired) electrons. The van der Waals surface area contributed by atoms with Crippen LogP contribution in [0.3, 0.4) is 0 Å². The standard InChI is InChI=1S/C17H22N4O/c18-14(10-12-4-2-1-3-5-12)17(22)21-13-6-7-15-16(11-13)20-9-8-19-15/h6-9,11-12,14H,1-5,10,18H2,(H,21,22). The van der Waals surface area contributed by atoms with Crippen molar-refractivity contribution in [3.63, 3.8) is 0 Å². The van der Waals surface area contributed by atoms with Gasteiger partial charge in [0.05, 0.1) is 17.1 Å². The van der Waals surface area contributed by atoms with Gasteiger partial charge in [-0.15, -0.1) is 0 Å². The van der Waals surface area contributed by atoms with E-state index in [0.717, 1.165) is 23.1 Å². The largest absolute Gasteiger partial charge is 0.325 e. The smallest absolute Gasteiger partial charge is 0.241 e. The Morgan fingerprint density at radius 1 is 1.18 bits per heavy atom. The fraction of sp³-hybridized carbons (Fsp3) is 0.471. The Kier molecular flexibility index (Phi) is 4.63. The summed E-state index contributed by atoms with van der Waals surface area (Å²) in [6, 6.07) is 5.07. The molecule has 1 amide bonds. The van der Waals surface area contributed by atoms with Gasteiger partial charge in [-0.05, 0) is 30.5 Å². The molecule has 1 saturated carbocycles. The van der Waals surface area contributed by atoms with Gasteiger partial charge in [0.25, 0.3) is 0 Å². The van der Waals surface area contributed by atoms with E-state index in [2.05, 4.69) is 15.3 Å². The van der Waals surface area contributed by atoms with Crippen LogP contribution in [-0.4, -0.2) is 21.9 Å². The van der Waals surface area contributed by atoms with Gasteiger partial charge in [-0.25, -0.2) is 0 Å². The van der Waals surface area contributed by atoms with Gasteiger partial charge >= 0.3 is 0 Å². The second-order valence-corrected chi connectivity index (χ2v) is 6.10. The van der Waals surface area contributed by atoms with Crippen LogP contribution < -0.4 is 11.1 Å². The Balaban J connectivity index is 1.61. The highest BCUT2D eigenvalue weighted by atomic mass is 16.2. The Morgan fingerprint density at radius 3 is 2.68 bits per heavy atom. The molecule has 5 heteroatoms. The number of nitrogens with one attached hydrogen (secondary N) is 1. The zero-order valence-electron chi connectivity index (χ0n) is 12.7. The fourth-order valence-electron chi connectivity index (χ4n) is 3.16. The first-order valence-corrected chi connectivity index (χ1v) is 7.99. The van der Waals surface area contributed by atoms with Crippen molar-refractivity contribution in [3.8, 4) is 0 Å². The molecule has 22 heavy (non-hydrogen) atoms. The molecule has 1 aliphatic carbocycles. The molecule has 3 rings (SSSR count). The van der Waals surface area contributed by atoms with E-state index in [0.29, 0.717) is 5.92 Å². The molecule has 1 aromatic carbocycles. The number of carbonyl (C=O) groups is 1. The average molecular weight is 298 g/mol. The van der Waals surface area contributed by atoms with E-state index in [1.54, 1.807) is 12.4 Å². The van der Waals surface area contributed by atoms with Crippen LogP contribution in [0.25, 0.3) is 11.0 Å². The van der Waals surface area contributed by atoms with Crippen LogP contribution in [0.5, 0.6) is 0 Å². The molecule has 1 fully saturated rings. The van der Waals surface area contributed by atoms with E-state index in [4.69, 9.17) is 5.73 Å². The minimum atomic E-state index is -0.444. The van der Waals surface area contributed by atoms with Crippen molar-refractivity contribution in [2.24, 2.45) is 11.7 Å². The normalized spacial score (nSPS) is 17.3. The summed E-state index contributed by atoms with van der Waals surface area (Å²) < 4.78 is 0. The molecule has 2 aromatic rings. The fourth-order valence-corrected chi connectivity index (χ4v) is 3.16. The number of benzene rings is 1. The summed E-state index contributed by atoms with van der Waals surface area (Å²) in [6.45, 7) is 0. The van der Waals surface area contributed by atoms with E-state index in [9.17, 15) is 4.79 Å². The first kappa shape index (κ1) is 14.9. The topological polar surface area (TPSA) is 80.9 Å². The van der Waals surface area contributed by atoms with Gasteiger partial charge in [0.1, 0.15) is 0 Å². The van der Waals surface area contributed by atoms with E-state index in [-0.39, 0.29) is 5.91 Å². The minimum absolute atomic E-state index is 0.117. The van der Waals surface area contributed by atoms with Gasteiger partial charge in [0, 0.05) is 18.1 Å². The second kappa shape index (κ2) is 6.83. The van der Waals surface area contributed by atoms with Gasteiger partial charge in [-0.3, -0.25) is 14.8 Å². The molecule has 5 nitrogen and oxygen atoms in total. The van der Waals surface area contributed by atoms with Crippen molar-refractivity contribution < 1.29 is 4.79 Å². The van der Waals surface area contributed by atoms with Crippen molar-refractivity contribution >= 4 is 22.6 Å². The van der Waals surface area contributed by atoms with Crippen molar-refractivity contribution in [3.05, 3.63) is 30.6 Å². The van der Waals surface area contributed by atoms with Gasteiger partial charge in [-0.2, -0.15) is 0 Å². The van der Waals surface area contributed by atoms with E-state index >= 15 is 0 Å². The molecule has 0 spiro atoms. The molecule has 0 aliphatic heterocycles. The van der Waals surface area contributed by atoms with Crippen LogP contribution >= 0.6 is 0 Å². The third-order valence-corrected chi connectivity index (χ3v) is 4.39. The lowest BCUT2D eigenvalue weighted by atomic mass is 9.85. The second-order valence-electron chi connectivity index (χ2n) is 6.10. The lowest BCUT2D eigenvalue weighted by molar-refractivity contribution is -0.117. The summed E-state index contributed by atoms with van der Waals surface area (Å²) in [5.74, 6) is 0.478. The quantitative estimate of drug-likeness (QED) is 0.909. The van der Waals surface area contributed by atoms with Crippen LogP contribution in [0.1, 0.15) is 38.5 Å². The van der Waals surface area contributed by atoms with Crippen molar-refractivity contribution in [2.75, 3.05) is 5.32 Å². The van der Waals surface area contributed by atoms with E-state index < -0.39 is 6.04 Å². The maximum absolute atomic E-state index is 12.3. The highest BCUT2D eigenvalue weighted by Crippen LogP contribution is 2.27. The van der Waals surface area contributed by atoms with Crippen LogP contribution in [-0.2, 0) is 4.79 Å². The predicted octanol–water partition coefficient (Wildman–Crippen LogP) is 2.87. The number of nitrogens with zero attached hydrogens (tertiary/aromatic N) is 2. The molecule has 3 N–H and O–H groups in total. The summed E-state index contributed by atoms with van der Waals surface area (Å²) in [6.07, 6.45) is 10.3. The van der Waals surface area contributed by atoms with Gasteiger partial charge in [0.15, 0.2) is 0 Å². The molecule has 1 unspecified atom stereocenters. The molecular weight excluding hydrogens is 276 g/mol. The zero-order chi connectivity index (χ0) is 15.4. The average Bonchev–Trinajstić information content (AvgIpc) is 2.55. The van der Waals surface area contributed by atoms with Crippen LogP contribution in [0, 0.1) is 5.92 Å². The molecule has 1 aliphatic rings. The Bertz CT molecular complexity index is 652. The number of carbonyl (C=O) groups excluding carboxylic acids is 1. The first-order valence-electron chi connectivity index (χ1n) is 7.99. The first-order chi connectivity index (χ1) is 10.7. The number of anilines is 1. The number of hydrogen-bond donors (Lipinski definition) is 2. The molecule has 1 heterocycles. The monoisotopic (exact) mass is 298 g/mol. The summed E-state index contributed by atoms with van der Waals surface area (Å²) in [5.41, 5.74) is 8.37. The van der Waals surface area contributed by atoms with E-state index in [1.165, 1.54) is 32.1 Å². The molecular formula is C17H22N4O. The number of amides is 1. The van der Waals surface area contributed by atoms with Gasteiger partial charge in [-0.1, -0.05) is 32.1 Å². The molecule has 1 atom stereocenters. The van der Waals surface area contributed by atoms with Crippen molar-refractivity contribution in [2.45, 2.75) is 44.6 Å². The zero-order valence-corrected chi connectivity index (χ0v) is 12.7. The maximum Gasteiger partial charge on any atom is 0.241 e. The van der Waals surface area contributed by atoms with Crippen LogP contribution in [0.4, 0.5) is 5.69 Å². The van der Waals surface area contributed by atoms with Crippen LogP contribution in [0.2, 0.25) is 0 Å². The third kappa shape index (κ3) is 3.60. The number of hydrogen-bond acceptors (Lipinski definition) is 4. The summed E-state index contributed by atoms with van der Waals surface area (Å²) in [7, 11) is 0. The highest BCUT2D eigenvalue weighted by molar-refractivity contribution is 5.96. The van der Waals surface area contributed by atoms with Gasteiger partial charge < -0.3 is 11.1 Å². The number of fused-ring (bicyclic) bond motifs is 1. The molecule has 0 bridgehead atoms. The Labute approximate surface area is 130 Å². The SMILES string of the molecule is NC(CC1CCCCC1)C(=O)Nc1ccc2nccnc2c1. The number of rotatable bonds is 4. The van der Waals surface area contributed by atoms with Crippen molar-refractivity contribution in [1.29, 1.82) is 0 Å². The van der Waals surface area contributed by atoms with Crippen molar-refractivity contribution in [1.82, 2.24) is 9.97 Å². The Hall–Kier alpha value is -2.01. The molecule has 1 aromatic heterocycles. The lowest BCUT2D eigenvalue weighted by Gasteiger charge is -2.24. The molecule has 116 valence electrons. The maximum atomic E-state index is 12.3. The Morgan fingerprint density at radius 2 is 1.91 bits per heavy atom. The van der Waals surface area contributed by atoms with Crippen LogP contribution in [0.15, 0.2) is 30.6 Å².